The molecule has 0 heterocycles. The average Bonchev–Trinajstić information content (AvgIpc) is 3.33. The molecule has 67 heavy (non-hydrogen) atoms. The summed E-state index contributed by atoms with van der Waals surface area (Å²) in [5.41, 5.74) is 0. The molecule has 370 valence electrons. The van der Waals surface area contributed by atoms with Gasteiger partial charge in [-0.1, -0.05) is 191 Å². The van der Waals surface area contributed by atoms with Crippen LogP contribution in [0.15, 0.2) is 170 Å². The van der Waals surface area contributed by atoms with E-state index in [1.807, 2.05) is 12.2 Å². The Morgan fingerprint density at radius 2 is 0.552 bits per heavy atom. The first-order valence-electron chi connectivity index (χ1n) is 25.6. The summed E-state index contributed by atoms with van der Waals surface area (Å²) in [7, 11) is 0. The third-order valence-electron chi connectivity index (χ3n) is 9.71. The fraction of sp³-hybridized carbons (Fsp3) is 0.492. The molecule has 0 saturated heterocycles. The predicted molar refractivity (Wildman–Crippen MR) is 288 cm³/mol. The highest BCUT2D eigenvalue weighted by atomic mass is 16.6. The molecule has 0 spiro atoms. The van der Waals surface area contributed by atoms with Crippen LogP contribution in [-0.2, 0) is 28.6 Å². The SMILES string of the molecule is CC/C=C\C/C=C\C/C=C\C/C=C\C/C=C\C/C=C\CCCCC(=O)OCC(COC(=O)CC/C=C\C/C=C\C/C=C\C/C=C\CC)OC(=O)CCCC/C=C\C/C=C\C/C=C\C/C=C\CC. The summed E-state index contributed by atoms with van der Waals surface area (Å²) < 4.78 is 16.6. The highest BCUT2D eigenvalue weighted by Gasteiger charge is 2.19. The van der Waals surface area contributed by atoms with Crippen LogP contribution in [0.1, 0.15) is 175 Å². The van der Waals surface area contributed by atoms with Crippen LogP contribution in [0.3, 0.4) is 0 Å². The first-order chi connectivity index (χ1) is 33.0. The number of hydrogen-bond donors (Lipinski definition) is 0. The molecule has 0 aromatic carbocycles. The van der Waals surface area contributed by atoms with Gasteiger partial charge in [0, 0.05) is 19.3 Å². The van der Waals surface area contributed by atoms with Gasteiger partial charge in [-0.15, -0.1) is 0 Å². The van der Waals surface area contributed by atoms with Gasteiger partial charge in [0.1, 0.15) is 13.2 Å². The number of unbranched alkanes of at least 4 members (excludes halogenated alkanes) is 4. The Kier molecular flexibility index (Phi) is 49.2. The average molecular weight is 919 g/mol. The quantitative estimate of drug-likeness (QED) is 0.0262. The van der Waals surface area contributed by atoms with E-state index >= 15 is 0 Å². The molecular weight excluding hydrogens is 829 g/mol. The topological polar surface area (TPSA) is 78.9 Å². The van der Waals surface area contributed by atoms with Crippen molar-refractivity contribution in [3.8, 4) is 0 Å². The number of esters is 3. The van der Waals surface area contributed by atoms with Crippen molar-refractivity contribution in [2.45, 2.75) is 181 Å². The molecule has 1 atom stereocenters. The van der Waals surface area contributed by atoms with Crippen LogP contribution >= 0.6 is 0 Å². The minimum Gasteiger partial charge on any atom is -0.462 e. The lowest BCUT2D eigenvalue weighted by Crippen LogP contribution is -2.30. The summed E-state index contributed by atoms with van der Waals surface area (Å²) in [5.74, 6) is -1.13. The molecule has 0 saturated carbocycles. The van der Waals surface area contributed by atoms with Crippen LogP contribution in [0.25, 0.3) is 0 Å². The first-order valence-corrected chi connectivity index (χ1v) is 25.6. The fourth-order valence-corrected chi connectivity index (χ4v) is 5.98. The van der Waals surface area contributed by atoms with Crippen molar-refractivity contribution in [3.63, 3.8) is 0 Å². The lowest BCUT2D eigenvalue weighted by molar-refractivity contribution is -0.166. The maximum atomic E-state index is 12.8. The monoisotopic (exact) mass is 919 g/mol. The molecule has 0 N–H and O–H groups in total. The molecule has 1 unspecified atom stereocenters. The molecule has 6 heteroatoms. The van der Waals surface area contributed by atoms with Gasteiger partial charge in [-0.2, -0.15) is 0 Å². The number of allylic oxidation sites excluding steroid dienone is 28. The van der Waals surface area contributed by atoms with Crippen LogP contribution in [0.4, 0.5) is 0 Å². The summed E-state index contributed by atoms with van der Waals surface area (Å²) in [6.07, 6.45) is 79.3. The van der Waals surface area contributed by atoms with E-state index in [4.69, 9.17) is 14.2 Å². The molecule has 0 amide bonds. The van der Waals surface area contributed by atoms with Crippen LogP contribution in [0.2, 0.25) is 0 Å². The summed E-state index contributed by atoms with van der Waals surface area (Å²) >= 11 is 0. The third-order valence-corrected chi connectivity index (χ3v) is 9.71. The molecule has 0 rings (SSSR count). The van der Waals surface area contributed by atoms with E-state index in [0.717, 1.165) is 116 Å². The van der Waals surface area contributed by atoms with Crippen molar-refractivity contribution in [2.24, 2.45) is 0 Å². The molecular formula is C61H90O6. The third kappa shape index (κ3) is 51.6. The highest BCUT2D eigenvalue weighted by molar-refractivity contribution is 5.71. The molecule has 0 aromatic rings. The van der Waals surface area contributed by atoms with Crippen LogP contribution in [0, 0.1) is 0 Å². The van der Waals surface area contributed by atoms with E-state index in [2.05, 4.69) is 179 Å². The van der Waals surface area contributed by atoms with Crippen LogP contribution in [-0.4, -0.2) is 37.2 Å². The minimum absolute atomic E-state index is 0.149. The van der Waals surface area contributed by atoms with Crippen molar-refractivity contribution in [1.29, 1.82) is 0 Å². The highest BCUT2D eigenvalue weighted by Crippen LogP contribution is 2.09. The normalized spacial score (nSPS) is 13.5. The standard InChI is InChI=1S/C61H90O6/c1-4-7-10-13-16-19-22-25-27-28-29-30-31-32-34-36-39-42-45-48-51-54-60(63)66-57-58(56-65-59(62)53-50-47-44-41-38-35-24-21-18-15-12-9-6-3)67-61(64)55-52-49-46-43-40-37-33-26-23-20-17-14-11-8-5-2/h7-12,16-21,25-27,29-30,32-35,38-40,42-44,47,58H,4-6,13-15,22-24,28,31,36-37,41,45-46,48-57H2,1-3H3/b10-7-,11-8-,12-9-,19-16-,20-17-,21-18-,27-25-,30-29-,33-26-,34-32-,38-35-,42-39-,43-40-,47-44-. The molecule has 0 aliphatic rings. The van der Waals surface area contributed by atoms with Crippen molar-refractivity contribution < 1.29 is 28.6 Å². The Labute approximate surface area is 409 Å². The molecule has 6 nitrogen and oxygen atoms in total. The molecule has 0 radical (unpaired) electrons. The largest absolute Gasteiger partial charge is 0.462 e. The fourth-order valence-electron chi connectivity index (χ4n) is 5.98. The molecule has 0 aliphatic carbocycles. The van der Waals surface area contributed by atoms with E-state index in [1.54, 1.807) is 0 Å². The lowest BCUT2D eigenvalue weighted by atomic mass is 10.1. The molecule has 0 bridgehead atoms. The Balaban J connectivity index is 4.63. The molecule has 0 aromatic heterocycles. The van der Waals surface area contributed by atoms with Crippen LogP contribution < -0.4 is 0 Å². The van der Waals surface area contributed by atoms with E-state index in [9.17, 15) is 14.4 Å². The maximum absolute atomic E-state index is 12.8. The van der Waals surface area contributed by atoms with Crippen LogP contribution in [0.5, 0.6) is 0 Å². The number of ether oxygens (including phenoxy) is 3. The van der Waals surface area contributed by atoms with Gasteiger partial charge in [0.25, 0.3) is 0 Å². The summed E-state index contributed by atoms with van der Waals surface area (Å²) in [6.45, 7) is 6.11. The number of hydrogen-bond acceptors (Lipinski definition) is 6. The van der Waals surface area contributed by atoms with Gasteiger partial charge in [0.05, 0.1) is 0 Å². The molecule has 0 fully saturated rings. The number of carbonyl (C=O) groups excluding carboxylic acids is 3. The zero-order valence-electron chi connectivity index (χ0n) is 42.1. The summed E-state index contributed by atoms with van der Waals surface area (Å²) in [4.78, 5) is 37.9. The smallest absolute Gasteiger partial charge is 0.306 e. The first kappa shape index (κ1) is 61.8. The Morgan fingerprint density at radius 3 is 0.866 bits per heavy atom. The predicted octanol–water partition coefficient (Wildman–Crippen LogP) is 17.2. The Bertz CT molecular complexity index is 1620. The second kappa shape index (κ2) is 53.4. The molecule has 0 aliphatic heterocycles. The van der Waals surface area contributed by atoms with E-state index in [-0.39, 0.29) is 44.4 Å². The zero-order chi connectivity index (χ0) is 48.6. The van der Waals surface area contributed by atoms with Gasteiger partial charge in [0.2, 0.25) is 0 Å². The van der Waals surface area contributed by atoms with Gasteiger partial charge < -0.3 is 14.2 Å². The maximum Gasteiger partial charge on any atom is 0.306 e. The minimum atomic E-state index is -0.856. The van der Waals surface area contributed by atoms with Gasteiger partial charge in [0.15, 0.2) is 6.10 Å². The Hall–Kier alpha value is -5.23. The van der Waals surface area contributed by atoms with Crippen molar-refractivity contribution in [2.75, 3.05) is 13.2 Å². The number of carbonyl (C=O) groups is 3. The van der Waals surface area contributed by atoms with Gasteiger partial charge in [-0.25, -0.2) is 0 Å². The van der Waals surface area contributed by atoms with Gasteiger partial charge in [-0.05, 0) is 135 Å². The van der Waals surface area contributed by atoms with E-state index < -0.39 is 12.1 Å². The van der Waals surface area contributed by atoms with E-state index in [0.29, 0.717) is 19.3 Å². The van der Waals surface area contributed by atoms with E-state index in [1.165, 1.54) is 0 Å². The van der Waals surface area contributed by atoms with Gasteiger partial charge in [-0.3, -0.25) is 14.4 Å². The second-order valence-corrected chi connectivity index (χ2v) is 15.9. The second-order valence-electron chi connectivity index (χ2n) is 15.9. The van der Waals surface area contributed by atoms with Crippen molar-refractivity contribution in [1.82, 2.24) is 0 Å². The number of rotatable bonds is 43. The lowest BCUT2D eigenvalue weighted by Gasteiger charge is -2.18. The van der Waals surface area contributed by atoms with Crippen molar-refractivity contribution in [3.05, 3.63) is 170 Å². The zero-order valence-corrected chi connectivity index (χ0v) is 42.1. The summed E-state index contributed by atoms with van der Waals surface area (Å²) in [6, 6.07) is 0. The summed E-state index contributed by atoms with van der Waals surface area (Å²) in [5, 5.41) is 0. The van der Waals surface area contributed by atoms with Gasteiger partial charge >= 0.3 is 17.9 Å². The Morgan fingerprint density at radius 1 is 0.299 bits per heavy atom. The van der Waals surface area contributed by atoms with Crippen molar-refractivity contribution >= 4 is 17.9 Å².